The molecule has 0 bridgehead atoms. The smallest absolute Gasteiger partial charge is 0.143 e. The van der Waals surface area contributed by atoms with Crippen molar-refractivity contribution in [3.05, 3.63) is 26.6 Å². The van der Waals surface area contributed by atoms with Crippen LogP contribution in [0.4, 0.5) is 0 Å². The van der Waals surface area contributed by atoms with Crippen molar-refractivity contribution in [3.63, 3.8) is 0 Å². The van der Waals surface area contributed by atoms with Crippen molar-refractivity contribution in [1.82, 2.24) is 5.32 Å². The number of halogens is 2. The van der Waals surface area contributed by atoms with Gasteiger partial charge in [-0.1, -0.05) is 0 Å². The van der Waals surface area contributed by atoms with Crippen LogP contribution < -0.4 is 5.32 Å². The van der Waals surface area contributed by atoms with Gasteiger partial charge in [-0.3, -0.25) is 0 Å². The van der Waals surface area contributed by atoms with Gasteiger partial charge in [0.05, 0.1) is 15.0 Å². The highest BCUT2D eigenvalue weighted by atomic mass is 79.9. The molecule has 1 aromatic rings. The summed E-state index contributed by atoms with van der Waals surface area (Å²) in [5.41, 5.74) is 1.10. The highest BCUT2D eigenvalue weighted by Gasteiger charge is 2.06. The number of aromatic hydroxyl groups is 1. The van der Waals surface area contributed by atoms with E-state index in [4.69, 9.17) is 4.74 Å². The molecule has 0 aliphatic rings. The molecule has 90 valence electrons. The number of benzene rings is 1. The Bertz CT molecular complexity index is 335. The second-order valence-electron chi connectivity index (χ2n) is 3.59. The zero-order valence-corrected chi connectivity index (χ0v) is 12.4. The highest BCUT2D eigenvalue weighted by molar-refractivity contribution is 9.11. The molecule has 0 heterocycles. The van der Waals surface area contributed by atoms with Gasteiger partial charge >= 0.3 is 0 Å². The van der Waals surface area contributed by atoms with Crippen LogP contribution in [-0.2, 0) is 11.3 Å². The number of phenolic OH excluding ortho intramolecular Hbond substituents is 1. The van der Waals surface area contributed by atoms with Crippen LogP contribution in [0.3, 0.4) is 0 Å². The molecule has 0 radical (unpaired) electrons. The lowest BCUT2D eigenvalue weighted by Gasteiger charge is -2.11. The summed E-state index contributed by atoms with van der Waals surface area (Å²) in [6.45, 7) is 3.55. The SMILES string of the molecule is COC(C)CNCc1cc(Br)c(O)c(Br)c1. The molecule has 0 saturated carbocycles. The van der Waals surface area contributed by atoms with Crippen LogP contribution in [0.1, 0.15) is 12.5 Å². The fourth-order valence-electron chi connectivity index (χ4n) is 1.22. The van der Waals surface area contributed by atoms with E-state index in [1.807, 2.05) is 19.1 Å². The number of rotatable bonds is 5. The fraction of sp³-hybridized carbons (Fsp3) is 0.455. The Balaban J connectivity index is 2.55. The van der Waals surface area contributed by atoms with Gasteiger partial charge in [-0.05, 0) is 56.5 Å². The molecule has 1 unspecified atom stereocenters. The first-order valence-corrected chi connectivity index (χ1v) is 6.53. The fourth-order valence-corrected chi connectivity index (χ4v) is 2.50. The maximum absolute atomic E-state index is 9.55. The normalized spacial score (nSPS) is 12.8. The van der Waals surface area contributed by atoms with Gasteiger partial charge in [0.15, 0.2) is 0 Å². The maximum Gasteiger partial charge on any atom is 0.143 e. The van der Waals surface area contributed by atoms with Gasteiger partial charge in [0.1, 0.15) is 5.75 Å². The summed E-state index contributed by atoms with van der Waals surface area (Å²) < 4.78 is 6.52. The molecule has 1 atom stereocenters. The van der Waals surface area contributed by atoms with Gasteiger partial charge in [-0.2, -0.15) is 0 Å². The predicted octanol–water partition coefficient (Wildman–Crippen LogP) is 3.04. The summed E-state index contributed by atoms with van der Waals surface area (Å²) in [6.07, 6.45) is 0.198. The van der Waals surface area contributed by atoms with E-state index in [0.717, 1.165) is 18.7 Å². The Labute approximate surface area is 112 Å². The van der Waals surface area contributed by atoms with E-state index in [9.17, 15) is 5.11 Å². The Hall–Kier alpha value is -0.100. The first-order chi connectivity index (χ1) is 7.54. The lowest BCUT2D eigenvalue weighted by molar-refractivity contribution is 0.117. The Morgan fingerprint density at radius 3 is 2.44 bits per heavy atom. The molecule has 2 N–H and O–H groups in total. The first-order valence-electron chi connectivity index (χ1n) is 4.95. The number of phenols is 1. The summed E-state index contributed by atoms with van der Waals surface area (Å²) in [5.74, 6) is 0.231. The maximum atomic E-state index is 9.55. The van der Waals surface area contributed by atoms with Crippen molar-refractivity contribution >= 4 is 31.9 Å². The summed E-state index contributed by atoms with van der Waals surface area (Å²) in [5, 5.41) is 12.8. The first kappa shape index (κ1) is 14.0. The van der Waals surface area contributed by atoms with Gasteiger partial charge < -0.3 is 15.2 Å². The molecule has 0 amide bonds. The Kier molecular flexibility index (Phi) is 5.75. The van der Waals surface area contributed by atoms with Crippen LogP contribution in [0.2, 0.25) is 0 Å². The minimum Gasteiger partial charge on any atom is -0.506 e. The van der Waals surface area contributed by atoms with E-state index in [1.165, 1.54) is 0 Å². The molecule has 0 fully saturated rings. The van der Waals surface area contributed by atoms with Gasteiger partial charge in [0, 0.05) is 20.2 Å². The number of ether oxygens (including phenoxy) is 1. The van der Waals surface area contributed by atoms with Crippen LogP contribution in [0.5, 0.6) is 5.75 Å². The third-order valence-electron chi connectivity index (χ3n) is 2.24. The lowest BCUT2D eigenvalue weighted by Crippen LogP contribution is -2.25. The second-order valence-corrected chi connectivity index (χ2v) is 5.29. The summed E-state index contributed by atoms with van der Waals surface area (Å²) in [6, 6.07) is 3.79. The standard InChI is InChI=1S/C11H15Br2NO2/c1-7(16-2)5-14-6-8-3-9(12)11(15)10(13)4-8/h3-4,7,14-15H,5-6H2,1-2H3. The van der Waals surface area contributed by atoms with Crippen molar-refractivity contribution in [2.75, 3.05) is 13.7 Å². The average molecular weight is 353 g/mol. The molecule has 0 saturated heterocycles. The Morgan fingerprint density at radius 1 is 1.38 bits per heavy atom. The van der Waals surface area contributed by atoms with Gasteiger partial charge in [-0.15, -0.1) is 0 Å². The number of hydrogen-bond acceptors (Lipinski definition) is 3. The number of hydrogen-bond donors (Lipinski definition) is 2. The topological polar surface area (TPSA) is 41.5 Å². The lowest BCUT2D eigenvalue weighted by atomic mass is 10.2. The van der Waals surface area contributed by atoms with Crippen molar-refractivity contribution in [2.45, 2.75) is 19.6 Å². The van der Waals surface area contributed by atoms with E-state index < -0.39 is 0 Å². The molecule has 1 rings (SSSR count). The molecule has 0 aromatic heterocycles. The molecular formula is C11H15Br2NO2. The van der Waals surface area contributed by atoms with E-state index in [1.54, 1.807) is 7.11 Å². The number of nitrogens with one attached hydrogen (secondary N) is 1. The van der Waals surface area contributed by atoms with Gasteiger partial charge in [0.25, 0.3) is 0 Å². The molecule has 3 nitrogen and oxygen atoms in total. The van der Waals surface area contributed by atoms with Crippen LogP contribution in [0.25, 0.3) is 0 Å². The van der Waals surface area contributed by atoms with Crippen molar-refractivity contribution in [3.8, 4) is 5.75 Å². The molecule has 0 aliphatic heterocycles. The minimum absolute atomic E-state index is 0.198. The van der Waals surface area contributed by atoms with Gasteiger partial charge in [-0.25, -0.2) is 0 Å². The largest absolute Gasteiger partial charge is 0.506 e. The zero-order chi connectivity index (χ0) is 12.1. The highest BCUT2D eigenvalue weighted by Crippen LogP contribution is 2.33. The summed E-state index contributed by atoms with van der Waals surface area (Å²) >= 11 is 6.60. The van der Waals surface area contributed by atoms with Crippen LogP contribution in [-0.4, -0.2) is 24.9 Å². The summed E-state index contributed by atoms with van der Waals surface area (Å²) in [4.78, 5) is 0. The number of methoxy groups -OCH3 is 1. The average Bonchev–Trinajstić information content (AvgIpc) is 2.25. The van der Waals surface area contributed by atoms with Crippen molar-refractivity contribution < 1.29 is 9.84 Å². The second kappa shape index (κ2) is 6.59. The Morgan fingerprint density at radius 2 is 1.94 bits per heavy atom. The molecular weight excluding hydrogens is 338 g/mol. The van der Waals surface area contributed by atoms with Crippen LogP contribution in [0.15, 0.2) is 21.1 Å². The molecule has 0 aliphatic carbocycles. The predicted molar refractivity (Wildman–Crippen MR) is 71.7 cm³/mol. The monoisotopic (exact) mass is 351 g/mol. The third kappa shape index (κ3) is 4.05. The summed E-state index contributed by atoms with van der Waals surface area (Å²) in [7, 11) is 1.69. The minimum atomic E-state index is 0.198. The zero-order valence-electron chi connectivity index (χ0n) is 9.26. The van der Waals surface area contributed by atoms with E-state index in [2.05, 4.69) is 37.2 Å². The molecule has 16 heavy (non-hydrogen) atoms. The van der Waals surface area contributed by atoms with Gasteiger partial charge in [0.2, 0.25) is 0 Å². The van der Waals surface area contributed by atoms with Crippen LogP contribution >= 0.6 is 31.9 Å². The van der Waals surface area contributed by atoms with E-state index in [0.29, 0.717) is 8.95 Å². The van der Waals surface area contributed by atoms with Crippen molar-refractivity contribution in [1.29, 1.82) is 0 Å². The molecule has 0 spiro atoms. The van der Waals surface area contributed by atoms with Crippen LogP contribution in [0, 0.1) is 0 Å². The van der Waals surface area contributed by atoms with Crippen molar-refractivity contribution in [2.24, 2.45) is 0 Å². The third-order valence-corrected chi connectivity index (χ3v) is 3.45. The molecule has 5 heteroatoms. The quantitative estimate of drug-likeness (QED) is 0.855. The van der Waals surface area contributed by atoms with E-state index >= 15 is 0 Å². The molecule has 1 aromatic carbocycles. The van der Waals surface area contributed by atoms with E-state index in [-0.39, 0.29) is 11.9 Å².